The summed E-state index contributed by atoms with van der Waals surface area (Å²) in [4.78, 5) is 0. The Morgan fingerprint density at radius 2 is 1.83 bits per heavy atom. The lowest BCUT2D eigenvalue weighted by molar-refractivity contribution is -0.264. The fraction of sp³-hybridized carbons (Fsp3) is 0.455. The minimum atomic E-state index is -3.90. The van der Waals surface area contributed by atoms with Gasteiger partial charge in [-0.2, -0.15) is 8.42 Å². The number of benzene rings is 1. The Kier molecular flexibility index (Phi) is 3.08. The average Bonchev–Trinajstić information content (AvgIpc) is 2.38. The van der Waals surface area contributed by atoms with Gasteiger partial charge in [-0.25, -0.2) is 8.37 Å². The summed E-state index contributed by atoms with van der Waals surface area (Å²) >= 11 is 0. The van der Waals surface area contributed by atoms with Crippen molar-refractivity contribution in [1.82, 2.24) is 0 Å². The van der Waals surface area contributed by atoms with Gasteiger partial charge in [0.15, 0.2) is 6.29 Å². The van der Waals surface area contributed by atoms with Crippen molar-refractivity contribution in [3.8, 4) is 0 Å². The van der Waals surface area contributed by atoms with Crippen molar-refractivity contribution >= 4 is 10.4 Å². The minimum absolute atomic E-state index is 0.0420. The van der Waals surface area contributed by atoms with Gasteiger partial charge in [0.1, 0.15) is 12.2 Å². The lowest BCUT2D eigenvalue weighted by Gasteiger charge is -2.37. The summed E-state index contributed by atoms with van der Waals surface area (Å²) in [6.45, 7) is 0.118. The van der Waals surface area contributed by atoms with Crippen molar-refractivity contribution in [2.45, 2.75) is 18.5 Å². The smallest absolute Gasteiger partial charge is 0.346 e. The van der Waals surface area contributed by atoms with E-state index < -0.39 is 28.9 Å². The zero-order valence-corrected chi connectivity index (χ0v) is 10.2. The summed E-state index contributed by atoms with van der Waals surface area (Å²) in [6.07, 6.45) is -1.59. The van der Waals surface area contributed by atoms with Crippen molar-refractivity contribution in [3.63, 3.8) is 0 Å². The van der Waals surface area contributed by atoms with Crippen LogP contribution in [0.15, 0.2) is 30.3 Å². The molecular formula is C11H12O6S. The maximum atomic E-state index is 11.1. The normalized spacial score (nSPS) is 34.8. The molecule has 3 atom stereocenters. The Morgan fingerprint density at radius 1 is 1.06 bits per heavy atom. The highest BCUT2D eigenvalue weighted by Crippen LogP contribution is 2.30. The van der Waals surface area contributed by atoms with Crippen LogP contribution < -0.4 is 0 Å². The molecule has 2 aliphatic rings. The third-order valence-corrected chi connectivity index (χ3v) is 3.72. The van der Waals surface area contributed by atoms with Crippen LogP contribution in [0.1, 0.15) is 11.9 Å². The van der Waals surface area contributed by atoms with Crippen molar-refractivity contribution in [2.24, 2.45) is 0 Å². The first kappa shape index (κ1) is 12.1. The van der Waals surface area contributed by atoms with Crippen LogP contribution in [0, 0.1) is 0 Å². The van der Waals surface area contributed by atoms with E-state index in [0.29, 0.717) is 0 Å². The number of ether oxygens (including phenoxy) is 2. The highest BCUT2D eigenvalue weighted by molar-refractivity contribution is 7.81. The van der Waals surface area contributed by atoms with E-state index in [-0.39, 0.29) is 13.2 Å². The minimum Gasteiger partial charge on any atom is -0.346 e. The topological polar surface area (TPSA) is 71.1 Å². The van der Waals surface area contributed by atoms with E-state index >= 15 is 0 Å². The first-order chi connectivity index (χ1) is 8.64. The monoisotopic (exact) mass is 272 g/mol. The first-order valence-corrected chi connectivity index (χ1v) is 6.87. The zero-order valence-electron chi connectivity index (χ0n) is 9.39. The molecule has 2 unspecified atom stereocenters. The van der Waals surface area contributed by atoms with E-state index in [9.17, 15) is 8.42 Å². The summed E-state index contributed by atoms with van der Waals surface area (Å²) < 4.78 is 42.6. The van der Waals surface area contributed by atoms with Gasteiger partial charge in [-0.1, -0.05) is 30.3 Å². The van der Waals surface area contributed by atoms with Gasteiger partial charge in [0.2, 0.25) is 0 Å². The Balaban J connectivity index is 1.72. The second-order valence-electron chi connectivity index (χ2n) is 4.08. The molecule has 2 fully saturated rings. The number of hydrogen-bond donors (Lipinski definition) is 0. The second-order valence-corrected chi connectivity index (χ2v) is 5.32. The molecule has 0 N–H and O–H groups in total. The zero-order chi connectivity index (χ0) is 12.6. The predicted octanol–water partition coefficient (Wildman–Crippen LogP) is 0.761. The molecule has 2 saturated heterocycles. The molecule has 0 saturated carbocycles. The lowest BCUT2D eigenvalue weighted by atomic mass is 10.1. The van der Waals surface area contributed by atoms with Gasteiger partial charge in [0.05, 0.1) is 13.2 Å². The molecule has 0 bridgehead atoms. The van der Waals surface area contributed by atoms with E-state index in [1.807, 2.05) is 30.3 Å². The molecule has 3 rings (SSSR count). The van der Waals surface area contributed by atoms with Gasteiger partial charge in [-0.05, 0) is 0 Å². The molecule has 0 amide bonds. The van der Waals surface area contributed by atoms with Gasteiger partial charge < -0.3 is 9.47 Å². The number of hydrogen-bond acceptors (Lipinski definition) is 6. The first-order valence-electron chi connectivity index (χ1n) is 5.54. The lowest BCUT2D eigenvalue weighted by Crippen LogP contribution is -2.49. The highest BCUT2D eigenvalue weighted by Gasteiger charge is 2.41. The van der Waals surface area contributed by atoms with Crippen LogP contribution in [-0.2, 0) is 28.2 Å². The molecule has 0 aliphatic carbocycles. The van der Waals surface area contributed by atoms with E-state index in [4.69, 9.17) is 13.7 Å². The van der Waals surface area contributed by atoms with Crippen LogP contribution in [0.5, 0.6) is 0 Å². The van der Waals surface area contributed by atoms with E-state index in [1.165, 1.54) is 0 Å². The van der Waals surface area contributed by atoms with E-state index in [1.54, 1.807) is 0 Å². The highest BCUT2D eigenvalue weighted by atomic mass is 32.3. The quantitative estimate of drug-likeness (QED) is 0.751. The summed E-state index contributed by atoms with van der Waals surface area (Å²) in [7, 11) is -3.90. The van der Waals surface area contributed by atoms with Crippen molar-refractivity contribution in [1.29, 1.82) is 0 Å². The Labute approximate surface area is 105 Å². The summed E-state index contributed by atoms with van der Waals surface area (Å²) in [5.74, 6) is 0. The molecule has 98 valence electrons. The van der Waals surface area contributed by atoms with Gasteiger partial charge in [0, 0.05) is 5.56 Å². The van der Waals surface area contributed by atoms with Crippen molar-refractivity contribution in [2.75, 3.05) is 13.2 Å². The summed E-state index contributed by atoms with van der Waals surface area (Å²) in [6, 6.07) is 9.42. The predicted molar refractivity (Wildman–Crippen MR) is 59.8 cm³/mol. The summed E-state index contributed by atoms with van der Waals surface area (Å²) in [5.41, 5.74) is 0.879. The maximum absolute atomic E-state index is 11.1. The van der Waals surface area contributed by atoms with Crippen molar-refractivity contribution < 1.29 is 26.3 Å². The number of rotatable bonds is 1. The van der Waals surface area contributed by atoms with Crippen LogP contribution in [-0.4, -0.2) is 33.8 Å². The van der Waals surface area contributed by atoms with Gasteiger partial charge in [-0.3, -0.25) is 0 Å². The second kappa shape index (κ2) is 4.60. The molecular weight excluding hydrogens is 260 g/mol. The molecule has 0 spiro atoms. The number of fused-ring (bicyclic) bond motifs is 1. The molecule has 1 aromatic rings. The van der Waals surface area contributed by atoms with Crippen molar-refractivity contribution in [3.05, 3.63) is 35.9 Å². The molecule has 7 heteroatoms. The fourth-order valence-corrected chi connectivity index (χ4v) is 2.76. The SMILES string of the molecule is O=S1(=O)OC[C@@H]2OC(c3ccccc3)OCC2O1. The van der Waals surface area contributed by atoms with Gasteiger partial charge in [0.25, 0.3) is 0 Å². The van der Waals surface area contributed by atoms with Crippen LogP contribution in [0.25, 0.3) is 0 Å². The fourth-order valence-electron chi connectivity index (χ4n) is 1.93. The molecule has 2 aliphatic heterocycles. The summed E-state index contributed by atoms with van der Waals surface area (Å²) in [5, 5.41) is 0. The van der Waals surface area contributed by atoms with Gasteiger partial charge in [-0.15, -0.1) is 0 Å². The van der Waals surface area contributed by atoms with Crippen LogP contribution in [0.2, 0.25) is 0 Å². The largest absolute Gasteiger partial charge is 0.400 e. The Morgan fingerprint density at radius 3 is 2.61 bits per heavy atom. The molecule has 0 radical (unpaired) electrons. The van der Waals surface area contributed by atoms with Gasteiger partial charge >= 0.3 is 10.4 Å². The Hall–Kier alpha value is -0.990. The Bertz CT molecular complexity index is 514. The molecule has 2 heterocycles. The molecule has 6 nitrogen and oxygen atoms in total. The third-order valence-electron chi connectivity index (χ3n) is 2.81. The average molecular weight is 272 g/mol. The third kappa shape index (κ3) is 2.40. The van der Waals surface area contributed by atoms with Crippen LogP contribution in [0.4, 0.5) is 0 Å². The van der Waals surface area contributed by atoms with Crippen LogP contribution >= 0.6 is 0 Å². The molecule has 0 aromatic heterocycles. The van der Waals surface area contributed by atoms with Crippen LogP contribution in [0.3, 0.4) is 0 Å². The standard InChI is InChI=1S/C11H12O6S/c12-18(13)15-7-9-10(17-18)6-14-11(16-9)8-4-2-1-3-5-8/h1-5,9-11H,6-7H2/t9-,10?,11?/m0/s1. The van der Waals surface area contributed by atoms with E-state index in [0.717, 1.165) is 5.56 Å². The molecule has 18 heavy (non-hydrogen) atoms. The van der Waals surface area contributed by atoms with E-state index in [2.05, 4.69) is 4.18 Å². The molecule has 1 aromatic carbocycles. The maximum Gasteiger partial charge on any atom is 0.400 e.